The fraction of sp³-hybridized carbons (Fsp3) is 0.565. The molecule has 2 aromatic rings. The Morgan fingerprint density at radius 2 is 1.94 bits per heavy atom. The Morgan fingerprint density at radius 3 is 2.56 bits per heavy atom. The van der Waals surface area contributed by atoms with Gasteiger partial charge in [-0.25, -0.2) is 4.79 Å². The number of amides is 3. The van der Waals surface area contributed by atoms with Crippen LogP contribution in [0.5, 0.6) is 0 Å². The molecule has 0 spiro atoms. The summed E-state index contributed by atoms with van der Waals surface area (Å²) >= 11 is 0. The molecule has 172 valence electrons. The van der Waals surface area contributed by atoms with Crippen molar-refractivity contribution in [3.63, 3.8) is 0 Å². The molecule has 2 saturated heterocycles. The third kappa shape index (κ3) is 3.59. The number of hydrogen-bond acceptors (Lipinski definition) is 5. The number of imide groups is 1. The SMILES string of the molecule is C[C@H]1C(C(C)(C)C)N(C(=O)O)CCN1c1cccc2c(C3CCC(=O)NC3=O)nn(C)c12. The number of para-hydroxylation sites is 1. The van der Waals surface area contributed by atoms with E-state index < -0.39 is 12.0 Å². The summed E-state index contributed by atoms with van der Waals surface area (Å²) in [5.74, 6) is -1.01. The lowest BCUT2D eigenvalue weighted by Gasteiger charge is -2.51. The molecule has 3 amide bonds. The number of fused-ring (bicyclic) bond motifs is 1. The van der Waals surface area contributed by atoms with Gasteiger partial charge in [0.05, 0.1) is 28.9 Å². The Morgan fingerprint density at radius 1 is 1.22 bits per heavy atom. The molecule has 3 atom stereocenters. The molecule has 2 unspecified atom stereocenters. The predicted octanol–water partition coefficient (Wildman–Crippen LogP) is 2.70. The van der Waals surface area contributed by atoms with Crippen molar-refractivity contribution >= 4 is 34.5 Å². The normalized spacial score (nSPS) is 24.7. The van der Waals surface area contributed by atoms with Crippen LogP contribution in [0.3, 0.4) is 0 Å². The molecule has 2 aliphatic heterocycles. The van der Waals surface area contributed by atoms with Crippen LogP contribution in [0.2, 0.25) is 0 Å². The zero-order valence-electron chi connectivity index (χ0n) is 19.3. The molecule has 1 aromatic heterocycles. The molecule has 0 bridgehead atoms. The largest absolute Gasteiger partial charge is 0.465 e. The monoisotopic (exact) mass is 441 g/mol. The number of carbonyl (C=O) groups excluding carboxylic acids is 2. The highest BCUT2D eigenvalue weighted by molar-refractivity contribution is 6.03. The highest BCUT2D eigenvalue weighted by Gasteiger charge is 2.43. The number of rotatable bonds is 2. The first-order valence-corrected chi connectivity index (χ1v) is 11.1. The molecule has 2 aliphatic rings. The molecule has 32 heavy (non-hydrogen) atoms. The molecule has 9 heteroatoms. The van der Waals surface area contributed by atoms with Gasteiger partial charge in [0, 0.05) is 38.0 Å². The number of hydrogen-bond donors (Lipinski definition) is 2. The van der Waals surface area contributed by atoms with Gasteiger partial charge in [-0.1, -0.05) is 32.9 Å². The molecule has 1 aromatic carbocycles. The third-order valence-corrected chi connectivity index (χ3v) is 6.75. The lowest BCUT2D eigenvalue weighted by molar-refractivity contribution is -0.134. The molecule has 0 saturated carbocycles. The van der Waals surface area contributed by atoms with Crippen LogP contribution in [-0.4, -0.2) is 62.9 Å². The second-order valence-electron chi connectivity index (χ2n) is 9.91. The summed E-state index contributed by atoms with van der Waals surface area (Å²) < 4.78 is 1.80. The van der Waals surface area contributed by atoms with Gasteiger partial charge in [-0.3, -0.25) is 19.6 Å². The van der Waals surface area contributed by atoms with Crippen LogP contribution in [0, 0.1) is 5.41 Å². The van der Waals surface area contributed by atoms with E-state index >= 15 is 0 Å². The van der Waals surface area contributed by atoms with Crippen LogP contribution in [0.25, 0.3) is 10.9 Å². The summed E-state index contributed by atoms with van der Waals surface area (Å²) in [6.45, 7) is 9.26. The van der Waals surface area contributed by atoms with Gasteiger partial charge in [0.2, 0.25) is 11.8 Å². The average Bonchev–Trinajstić information content (AvgIpc) is 3.03. The van der Waals surface area contributed by atoms with Gasteiger partial charge in [-0.2, -0.15) is 5.10 Å². The number of carboxylic acid groups (broad SMARTS) is 1. The smallest absolute Gasteiger partial charge is 0.407 e. The van der Waals surface area contributed by atoms with Crippen LogP contribution in [0.4, 0.5) is 10.5 Å². The van der Waals surface area contributed by atoms with Crippen molar-refractivity contribution in [2.45, 2.75) is 58.5 Å². The molecule has 0 aliphatic carbocycles. The minimum absolute atomic E-state index is 0.0561. The number of benzene rings is 1. The van der Waals surface area contributed by atoms with Crippen molar-refractivity contribution in [1.82, 2.24) is 20.0 Å². The predicted molar refractivity (Wildman–Crippen MR) is 121 cm³/mol. The average molecular weight is 442 g/mol. The summed E-state index contributed by atoms with van der Waals surface area (Å²) in [5, 5.41) is 17.8. The van der Waals surface area contributed by atoms with Gasteiger partial charge in [-0.15, -0.1) is 0 Å². The molecule has 9 nitrogen and oxygen atoms in total. The fourth-order valence-electron chi connectivity index (χ4n) is 5.52. The number of carbonyl (C=O) groups is 3. The van der Waals surface area contributed by atoms with Crippen molar-refractivity contribution in [3.8, 4) is 0 Å². The lowest BCUT2D eigenvalue weighted by Crippen LogP contribution is -2.64. The number of piperidine rings is 1. The van der Waals surface area contributed by atoms with Gasteiger partial charge in [-0.05, 0) is 24.8 Å². The van der Waals surface area contributed by atoms with E-state index in [4.69, 9.17) is 5.10 Å². The highest BCUT2D eigenvalue weighted by atomic mass is 16.4. The Labute approximate surface area is 187 Å². The van der Waals surface area contributed by atoms with E-state index in [-0.39, 0.29) is 29.3 Å². The fourth-order valence-corrected chi connectivity index (χ4v) is 5.52. The van der Waals surface area contributed by atoms with Crippen LogP contribution in [0.15, 0.2) is 18.2 Å². The Bertz CT molecular complexity index is 1090. The van der Waals surface area contributed by atoms with Crippen LogP contribution >= 0.6 is 0 Å². The maximum Gasteiger partial charge on any atom is 0.407 e. The molecule has 3 heterocycles. The van der Waals surface area contributed by atoms with Gasteiger partial charge in [0.15, 0.2) is 0 Å². The van der Waals surface area contributed by atoms with Gasteiger partial charge >= 0.3 is 6.09 Å². The van der Waals surface area contributed by atoms with E-state index in [1.807, 2.05) is 25.2 Å². The highest BCUT2D eigenvalue weighted by Crippen LogP contribution is 2.39. The van der Waals surface area contributed by atoms with Crippen LogP contribution < -0.4 is 10.2 Å². The first kappa shape index (κ1) is 22.1. The molecule has 4 rings (SSSR count). The number of piperazine rings is 1. The number of nitrogens with zero attached hydrogens (tertiary/aromatic N) is 4. The second-order valence-corrected chi connectivity index (χ2v) is 9.91. The second kappa shape index (κ2) is 7.79. The molecule has 0 radical (unpaired) electrons. The molecule has 2 fully saturated rings. The van der Waals surface area contributed by atoms with E-state index in [1.165, 1.54) is 0 Å². The summed E-state index contributed by atoms with van der Waals surface area (Å²) in [4.78, 5) is 39.8. The van der Waals surface area contributed by atoms with E-state index in [0.717, 1.165) is 16.6 Å². The summed E-state index contributed by atoms with van der Waals surface area (Å²) in [5.41, 5.74) is 2.33. The zero-order valence-corrected chi connectivity index (χ0v) is 19.3. The zero-order chi connectivity index (χ0) is 23.4. The van der Waals surface area contributed by atoms with Crippen LogP contribution in [0.1, 0.15) is 52.1 Å². The van der Waals surface area contributed by atoms with Crippen LogP contribution in [-0.2, 0) is 16.6 Å². The minimum Gasteiger partial charge on any atom is -0.465 e. The van der Waals surface area contributed by atoms with Crippen molar-refractivity contribution in [3.05, 3.63) is 23.9 Å². The minimum atomic E-state index is -0.893. The molecular formula is C23H31N5O4. The first-order chi connectivity index (χ1) is 15.0. The maximum atomic E-state index is 12.5. The topological polar surface area (TPSA) is 108 Å². The Balaban J connectivity index is 1.77. The van der Waals surface area contributed by atoms with E-state index in [9.17, 15) is 19.5 Å². The number of aryl methyl sites for hydroxylation is 1. The summed E-state index contributed by atoms with van der Waals surface area (Å²) in [7, 11) is 1.86. The van der Waals surface area contributed by atoms with E-state index in [0.29, 0.717) is 31.6 Å². The van der Waals surface area contributed by atoms with Crippen molar-refractivity contribution in [1.29, 1.82) is 0 Å². The van der Waals surface area contributed by atoms with Gasteiger partial charge in [0.25, 0.3) is 0 Å². The molecular weight excluding hydrogens is 410 g/mol. The van der Waals surface area contributed by atoms with Crippen molar-refractivity contribution in [2.24, 2.45) is 12.5 Å². The van der Waals surface area contributed by atoms with E-state index in [1.54, 1.807) is 9.58 Å². The third-order valence-electron chi connectivity index (χ3n) is 6.75. The number of aromatic nitrogens is 2. The number of nitrogens with one attached hydrogen (secondary N) is 1. The lowest BCUT2D eigenvalue weighted by atomic mass is 9.79. The van der Waals surface area contributed by atoms with E-state index in [2.05, 4.69) is 37.9 Å². The quantitative estimate of drug-likeness (QED) is 0.694. The number of anilines is 1. The molecule has 2 N–H and O–H groups in total. The maximum absolute atomic E-state index is 12.5. The summed E-state index contributed by atoms with van der Waals surface area (Å²) in [6.07, 6.45) is -0.147. The first-order valence-electron chi connectivity index (χ1n) is 11.1. The summed E-state index contributed by atoms with van der Waals surface area (Å²) in [6, 6.07) is 5.71. The van der Waals surface area contributed by atoms with Crippen molar-refractivity contribution < 1.29 is 19.5 Å². The van der Waals surface area contributed by atoms with Gasteiger partial charge < -0.3 is 14.9 Å². The van der Waals surface area contributed by atoms with Gasteiger partial charge in [0.1, 0.15) is 0 Å². The standard InChI is InChI=1S/C23H31N5O4/c1-13-20(23(2,3)4)28(22(31)32)12-11-27(13)16-8-6-7-14-18(25-26(5)19(14)16)15-9-10-17(29)24-21(15)30/h6-8,13,15,20H,9-12H2,1-5H3,(H,31,32)(H,24,29,30)/t13-,15?,20?/m0/s1. The Kier molecular flexibility index (Phi) is 5.38. The Hall–Kier alpha value is -3.10. The van der Waals surface area contributed by atoms with Crippen molar-refractivity contribution in [2.75, 3.05) is 18.0 Å².